The van der Waals surface area contributed by atoms with Crippen LogP contribution in [0.2, 0.25) is 0 Å². The molecule has 0 bridgehead atoms. The van der Waals surface area contributed by atoms with Gasteiger partial charge in [-0.15, -0.1) is 0 Å². The number of amides is 1. The molecule has 0 aromatic carbocycles. The van der Waals surface area contributed by atoms with Crippen molar-refractivity contribution in [2.24, 2.45) is 5.41 Å². The fourth-order valence-corrected chi connectivity index (χ4v) is 2.62. The van der Waals surface area contributed by atoms with Crippen LogP contribution in [0.4, 0.5) is 0 Å². The maximum Gasteiger partial charge on any atom is 0.252 e. The molecule has 0 aliphatic heterocycles. The van der Waals surface area contributed by atoms with Crippen molar-refractivity contribution in [3.63, 3.8) is 0 Å². The van der Waals surface area contributed by atoms with Gasteiger partial charge in [0.2, 0.25) is 0 Å². The molecule has 0 radical (unpaired) electrons. The van der Waals surface area contributed by atoms with Crippen LogP contribution in [0.25, 0.3) is 0 Å². The zero-order valence-electron chi connectivity index (χ0n) is 11.8. The molecule has 20 heavy (non-hydrogen) atoms. The van der Waals surface area contributed by atoms with E-state index in [9.17, 15) is 4.79 Å². The third-order valence-corrected chi connectivity index (χ3v) is 3.85. The molecule has 106 valence electrons. The lowest BCUT2D eigenvalue weighted by Gasteiger charge is -2.23. The Hall–Kier alpha value is -1.86. The van der Waals surface area contributed by atoms with Gasteiger partial charge in [-0.2, -0.15) is 0 Å². The van der Waals surface area contributed by atoms with Gasteiger partial charge in [-0.05, 0) is 24.3 Å². The Labute approximate surface area is 119 Å². The highest BCUT2D eigenvalue weighted by Crippen LogP contribution is 2.36. The van der Waals surface area contributed by atoms with E-state index in [1.165, 1.54) is 25.7 Å². The molecule has 2 rings (SSSR count). The number of carbonyl (C=O) groups is 1. The Bertz CT molecular complexity index is 537. The number of pyridine rings is 1. The average molecular weight is 272 g/mol. The molecule has 0 atom stereocenters. The summed E-state index contributed by atoms with van der Waals surface area (Å²) in [6.07, 6.45) is 7.95. The molecule has 4 heteroatoms. The van der Waals surface area contributed by atoms with Crippen LogP contribution in [-0.2, 0) is 0 Å². The third-order valence-electron chi connectivity index (χ3n) is 3.85. The van der Waals surface area contributed by atoms with E-state index in [2.05, 4.69) is 29.1 Å². The van der Waals surface area contributed by atoms with Gasteiger partial charge in [0, 0.05) is 18.9 Å². The van der Waals surface area contributed by atoms with E-state index in [1.807, 2.05) is 0 Å². The lowest BCUT2D eigenvalue weighted by Crippen LogP contribution is -2.34. The second-order valence-electron chi connectivity index (χ2n) is 5.58. The van der Waals surface area contributed by atoms with Crippen LogP contribution in [0.15, 0.2) is 18.5 Å². The molecule has 1 aliphatic carbocycles. The Morgan fingerprint density at radius 1 is 1.50 bits per heavy atom. The SMILES string of the molecule is CC1(CNC(=O)c2ccncc2C#CCO)CCCC1. The largest absolute Gasteiger partial charge is 0.384 e. The van der Waals surface area contributed by atoms with Crippen molar-refractivity contribution in [2.75, 3.05) is 13.2 Å². The van der Waals surface area contributed by atoms with Crippen LogP contribution in [0.3, 0.4) is 0 Å². The van der Waals surface area contributed by atoms with Crippen molar-refractivity contribution in [3.05, 3.63) is 29.6 Å². The number of rotatable bonds is 3. The second-order valence-corrected chi connectivity index (χ2v) is 5.58. The summed E-state index contributed by atoms with van der Waals surface area (Å²) in [5.41, 5.74) is 1.29. The lowest BCUT2D eigenvalue weighted by molar-refractivity contribution is 0.0934. The van der Waals surface area contributed by atoms with E-state index in [4.69, 9.17) is 5.11 Å². The quantitative estimate of drug-likeness (QED) is 0.824. The number of nitrogens with zero attached hydrogens (tertiary/aromatic N) is 1. The molecule has 1 fully saturated rings. The second kappa shape index (κ2) is 6.53. The van der Waals surface area contributed by atoms with Crippen molar-refractivity contribution in [1.82, 2.24) is 10.3 Å². The average Bonchev–Trinajstić information content (AvgIpc) is 2.90. The molecule has 4 nitrogen and oxygen atoms in total. The van der Waals surface area contributed by atoms with E-state index in [-0.39, 0.29) is 17.9 Å². The van der Waals surface area contributed by atoms with Crippen LogP contribution in [0.1, 0.15) is 48.5 Å². The van der Waals surface area contributed by atoms with Gasteiger partial charge in [-0.3, -0.25) is 9.78 Å². The molecule has 0 spiro atoms. The summed E-state index contributed by atoms with van der Waals surface area (Å²) in [6.45, 7) is 2.69. The third kappa shape index (κ3) is 3.58. The first-order chi connectivity index (χ1) is 9.64. The van der Waals surface area contributed by atoms with E-state index >= 15 is 0 Å². The standard InChI is InChI=1S/C16H20N2O2/c1-16(7-2-3-8-16)12-18-15(20)14-6-9-17-11-13(14)5-4-10-19/h6,9,11,19H,2-3,7-8,10,12H2,1H3,(H,18,20). The Morgan fingerprint density at radius 2 is 2.25 bits per heavy atom. The summed E-state index contributed by atoms with van der Waals surface area (Å²) >= 11 is 0. The predicted octanol–water partition coefficient (Wildman–Crippen LogP) is 1.74. The van der Waals surface area contributed by atoms with E-state index < -0.39 is 0 Å². The lowest BCUT2D eigenvalue weighted by atomic mass is 9.89. The summed E-state index contributed by atoms with van der Waals surface area (Å²) in [7, 11) is 0. The van der Waals surface area contributed by atoms with Gasteiger partial charge in [0.1, 0.15) is 6.61 Å². The molecular weight excluding hydrogens is 252 g/mol. The smallest absolute Gasteiger partial charge is 0.252 e. The highest BCUT2D eigenvalue weighted by Gasteiger charge is 2.29. The molecular formula is C16H20N2O2. The molecule has 1 heterocycles. The van der Waals surface area contributed by atoms with Crippen LogP contribution < -0.4 is 5.32 Å². The molecule has 1 amide bonds. The van der Waals surface area contributed by atoms with E-state index in [1.54, 1.807) is 18.5 Å². The maximum absolute atomic E-state index is 12.3. The van der Waals surface area contributed by atoms with Crippen molar-refractivity contribution < 1.29 is 9.90 Å². The van der Waals surface area contributed by atoms with Gasteiger partial charge in [0.05, 0.1) is 11.1 Å². The summed E-state index contributed by atoms with van der Waals surface area (Å²) in [5.74, 6) is 5.19. The van der Waals surface area contributed by atoms with E-state index in [0.717, 1.165) is 0 Å². The van der Waals surface area contributed by atoms with Crippen molar-refractivity contribution in [3.8, 4) is 11.8 Å². The fraction of sp³-hybridized carbons (Fsp3) is 0.500. The highest BCUT2D eigenvalue weighted by molar-refractivity contribution is 5.96. The summed E-state index contributed by atoms with van der Waals surface area (Å²) in [6, 6.07) is 1.66. The summed E-state index contributed by atoms with van der Waals surface area (Å²) < 4.78 is 0. The Balaban J connectivity index is 2.05. The zero-order chi connectivity index (χ0) is 14.4. The molecule has 1 aromatic rings. The number of hydrogen-bond donors (Lipinski definition) is 2. The molecule has 0 saturated heterocycles. The first-order valence-corrected chi connectivity index (χ1v) is 6.97. The molecule has 1 aromatic heterocycles. The van der Waals surface area contributed by atoms with Crippen molar-refractivity contribution in [1.29, 1.82) is 0 Å². The number of carbonyl (C=O) groups excluding carboxylic acids is 1. The van der Waals surface area contributed by atoms with Crippen molar-refractivity contribution >= 4 is 5.91 Å². The highest BCUT2D eigenvalue weighted by atomic mass is 16.2. The molecule has 1 saturated carbocycles. The Morgan fingerprint density at radius 3 is 2.95 bits per heavy atom. The van der Waals surface area contributed by atoms with Gasteiger partial charge in [-0.1, -0.05) is 31.6 Å². The first kappa shape index (κ1) is 14.5. The maximum atomic E-state index is 12.3. The van der Waals surface area contributed by atoms with Crippen LogP contribution in [0, 0.1) is 17.3 Å². The van der Waals surface area contributed by atoms with Crippen molar-refractivity contribution in [2.45, 2.75) is 32.6 Å². The molecule has 2 N–H and O–H groups in total. The van der Waals surface area contributed by atoms with Crippen LogP contribution in [-0.4, -0.2) is 29.1 Å². The van der Waals surface area contributed by atoms with Gasteiger partial charge in [0.25, 0.3) is 5.91 Å². The number of nitrogens with one attached hydrogen (secondary N) is 1. The monoisotopic (exact) mass is 272 g/mol. The minimum atomic E-state index is -0.228. The van der Waals surface area contributed by atoms with Crippen LogP contribution in [0.5, 0.6) is 0 Å². The van der Waals surface area contributed by atoms with Gasteiger partial charge in [0.15, 0.2) is 0 Å². The minimum absolute atomic E-state index is 0.122. The van der Waals surface area contributed by atoms with Gasteiger partial charge in [-0.25, -0.2) is 0 Å². The number of aliphatic hydroxyl groups excluding tert-OH is 1. The zero-order valence-corrected chi connectivity index (χ0v) is 11.8. The predicted molar refractivity (Wildman–Crippen MR) is 77.1 cm³/mol. The first-order valence-electron chi connectivity index (χ1n) is 6.97. The molecule has 0 unspecified atom stereocenters. The minimum Gasteiger partial charge on any atom is -0.384 e. The summed E-state index contributed by atoms with van der Waals surface area (Å²) in [5, 5.41) is 11.7. The van der Waals surface area contributed by atoms with E-state index in [0.29, 0.717) is 17.7 Å². The fourth-order valence-electron chi connectivity index (χ4n) is 2.62. The Kier molecular flexibility index (Phi) is 4.75. The number of hydrogen-bond acceptors (Lipinski definition) is 3. The number of aliphatic hydroxyl groups is 1. The molecule has 1 aliphatic rings. The van der Waals surface area contributed by atoms with Crippen LogP contribution >= 0.6 is 0 Å². The topological polar surface area (TPSA) is 62.2 Å². The number of aromatic nitrogens is 1. The summed E-state index contributed by atoms with van der Waals surface area (Å²) in [4.78, 5) is 16.2. The van der Waals surface area contributed by atoms with Gasteiger partial charge < -0.3 is 10.4 Å². The normalized spacial score (nSPS) is 16.3. The van der Waals surface area contributed by atoms with Gasteiger partial charge >= 0.3 is 0 Å².